The van der Waals surface area contributed by atoms with Crippen LogP contribution in [0.25, 0.3) is 0 Å². The highest BCUT2D eigenvalue weighted by Crippen LogP contribution is 2.60. The predicted octanol–water partition coefficient (Wildman–Crippen LogP) is 3.23. The number of ether oxygens (including phenoxy) is 3. The van der Waals surface area contributed by atoms with Gasteiger partial charge in [-0.2, -0.15) is 0 Å². The summed E-state index contributed by atoms with van der Waals surface area (Å²) in [6.45, 7) is 8.90. The molecule has 5 fully saturated rings. The fraction of sp³-hybridized carbons (Fsp3) is 0.704. The smallest absolute Gasteiger partial charge is 0.329 e. The summed E-state index contributed by atoms with van der Waals surface area (Å²) in [4.78, 5) is 36.1. The van der Waals surface area contributed by atoms with Crippen molar-refractivity contribution in [2.75, 3.05) is 0 Å². The molecule has 6 rings (SSSR count). The van der Waals surface area contributed by atoms with E-state index in [4.69, 9.17) is 24.0 Å². The van der Waals surface area contributed by atoms with Gasteiger partial charge in [0.05, 0.1) is 5.60 Å². The van der Waals surface area contributed by atoms with Crippen LogP contribution in [0.2, 0.25) is 0 Å². The van der Waals surface area contributed by atoms with E-state index in [9.17, 15) is 19.8 Å². The first-order valence-corrected chi connectivity index (χ1v) is 13.1. The van der Waals surface area contributed by atoms with Crippen LogP contribution in [0.4, 0.5) is 0 Å². The van der Waals surface area contributed by atoms with E-state index >= 15 is 0 Å². The predicted molar refractivity (Wildman–Crippen MR) is 129 cm³/mol. The van der Waals surface area contributed by atoms with Crippen LogP contribution in [0, 0.1) is 23.7 Å². The molecule has 204 valence electrons. The van der Waals surface area contributed by atoms with Gasteiger partial charge in [-0.25, -0.2) is 14.6 Å². The Morgan fingerprint density at radius 2 is 1.81 bits per heavy atom. The number of rotatable bonds is 6. The molecule has 5 aliphatic rings. The summed E-state index contributed by atoms with van der Waals surface area (Å²) in [5, 5.41) is 21.8. The summed E-state index contributed by atoms with van der Waals surface area (Å²) >= 11 is 0. The third kappa shape index (κ3) is 4.52. The van der Waals surface area contributed by atoms with Crippen LogP contribution < -0.4 is 10.1 Å². The van der Waals surface area contributed by atoms with Crippen molar-refractivity contribution in [3.63, 3.8) is 0 Å². The van der Waals surface area contributed by atoms with Gasteiger partial charge < -0.3 is 29.7 Å². The summed E-state index contributed by atoms with van der Waals surface area (Å²) in [6, 6.07) is 4.92. The normalized spacial score (nSPS) is 39.7. The topological polar surface area (TPSA) is 133 Å². The Labute approximate surface area is 216 Å². The van der Waals surface area contributed by atoms with Gasteiger partial charge in [0.25, 0.3) is 5.91 Å². The molecule has 1 aromatic carbocycles. The maximum absolute atomic E-state index is 12.6. The van der Waals surface area contributed by atoms with E-state index in [-0.39, 0.29) is 23.3 Å². The fourth-order valence-corrected chi connectivity index (χ4v) is 6.58. The monoisotopic (exact) mass is 519 g/mol. The van der Waals surface area contributed by atoms with Crippen LogP contribution >= 0.6 is 0 Å². The molecule has 0 aromatic heterocycles. The van der Waals surface area contributed by atoms with Gasteiger partial charge in [0.2, 0.25) is 12.1 Å². The van der Waals surface area contributed by atoms with Gasteiger partial charge in [-0.3, -0.25) is 4.79 Å². The molecule has 3 N–H and O–H groups in total. The van der Waals surface area contributed by atoms with E-state index in [1.165, 1.54) is 13.8 Å². The maximum atomic E-state index is 12.6. The molecule has 1 amide bonds. The van der Waals surface area contributed by atoms with Gasteiger partial charge >= 0.3 is 5.97 Å². The highest BCUT2D eigenvalue weighted by atomic mass is 17.3. The Morgan fingerprint density at radius 3 is 2.46 bits per heavy atom. The summed E-state index contributed by atoms with van der Waals surface area (Å²) in [6.07, 6.45) is 2.52. The average molecular weight is 520 g/mol. The van der Waals surface area contributed by atoms with E-state index in [2.05, 4.69) is 19.2 Å². The molecule has 4 heterocycles. The van der Waals surface area contributed by atoms with Gasteiger partial charge in [-0.1, -0.05) is 13.8 Å². The molecule has 1 aliphatic carbocycles. The van der Waals surface area contributed by atoms with Crippen molar-refractivity contribution in [1.29, 1.82) is 0 Å². The lowest BCUT2D eigenvalue weighted by Gasteiger charge is -2.60. The third-order valence-electron chi connectivity index (χ3n) is 8.69. The van der Waals surface area contributed by atoms with Gasteiger partial charge in [-0.05, 0) is 76.1 Å². The van der Waals surface area contributed by atoms with Crippen LogP contribution in [0.5, 0.6) is 5.75 Å². The molecule has 1 aromatic rings. The lowest BCUT2D eigenvalue weighted by atomic mass is 9.58. The SMILES string of the molecule is C[C@H]1[C@@H](Oc2ccc(C(=O)N[C@H](C(=O)O)C(C)(C)O)cc2)O[C@@H]2O[C@@]3(C)CC[C@H]4[C@H](C)CC[C@@H]1[C@@]24OO3. The number of hydrogen-bond acceptors (Lipinski definition) is 8. The highest BCUT2D eigenvalue weighted by molar-refractivity contribution is 5.97. The van der Waals surface area contributed by atoms with Crippen molar-refractivity contribution in [1.82, 2.24) is 5.32 Å². The molecule has 2 bridgehead atoms. The van der Waals surface area contributed by atoms with E-state index in [0.717, 1.165) is 25.7 Å². The number of nitrogens with one attached hydrogen (secondary N) is 1. The lowest BCUT2D eigenvalue weighted by molar-refractivity contribution is -0.575. The Bertz CT molecular complexity index is 1040. The number of benzene rings is 1. The molecule has 1 saturated carbocycles. The van der Waals surface area contributed by atoms with Crippen LogP contribution in [-0.4, -0.2) is 57.7 Å². The quantitative estimate of drug-likeness (QED) is 0.485. The Morgan fingerprint density at radius 1 is 1.11 bits per heavy atom. The molecule has 1 spiro atoms. The van der Waals surface area contributed by atoms with Crippen LogP contribution in [0.3, 0.4) is 0 Å². The Balaban J connectivity index is 1.32. The van der Waals surface area contributed by atoms with Gasteiger partial charge in [0.15, 0.2) is 17.9 Å². The number of hydrogen-bond donors (Lipinski definition) is 3. The van der Waals surface area contributed by atoms with E-state index in [1.807, 2.05) is 6.92 Å². The number of carboxylic acids is 1. The molecular formula is C27H37NO9. The zero-order chi connectivity index (χ0) is 26.8. The molecule has 4 saturated heterocycles. The van der Waals surface area contributed by atoms with Crippen molar-refractivity contribution in [3.05, 3.63) is 29.8 Å². The highest BCUT2D eigenvalue weighted by Gasteiger charge is 2.69. The van der Waals surface area contributed by atoms with Crippen LogP contribution in [0.15, 0.2) is 24.3 Å². The molecule has 0 unspecified atom stereocenters. The minimum absolute atomic E-state index is 0.00742. The second-order valence-electron chi connectivity index (χ2n) is 11.8. The minimum Gasteiger partial charge on any atom is -0.480 e. The minimum atomic E-state index is -1.63. The van der Waals surface area contributed by atoms with Gasteiger partial charge in [-0.15, -0.1) is 0 Å². The largest absolute Gasteiger partial charge is 0.480 e. The fourth-order valence-electron chi connectivity index (χ4n) is 6.58. The zero-order valence-electron chi connectivity index (χ0n) is 21.9. The average Bonchev–Trinajstić information content (AvgIpc) is 3.06. The van der Waals surface area contributed by atoms with Crippen LogP contribution in [-0.2, 0) is 24.0 Å². The third-order valence-corrected chi connectivity index (χ3v) is 8.69. The van der Waals surface area contributed by atoms with Crippen molar-refractivity contribution in [2.24, 2.45) is 23.7 Å². The molecule has 0 radical (unpaired) electrons. The number of amides is 1. The van der Waals surface area contributed by atoms with Crippen LogP contribution in [0.1, 0.15) is 70.7 Å². The second kappa shape index (κ2) is 9.20. The molecular weight excluding hydrogens is 482 g/mol. The first-order valence-electron chi connectivity index (χ1n) is 13.1. The molecule has 37 heavy (non-hydrogen) atoms. The number of aliphatic hydroxyl groups is 1. The maximum Gasteiger partial charge on any atom is 0.329 e. The van der Waals surface area contributed by atoms with E-state index in [0.29, 0.717) is 11.7 Å². The summed E-state index contributed by atoms with van der Waals surface area (Å²) in [7, 11) is 0. The second-order valence-corrected chi connectivity index (χ2v) is 11.8. The Kier molecular flexibility index (Phi) is 6.56. The first-order chi connectivity index (χ1) is 17.3. The van der Waals surface area contributed by atoms with Crippen molar-refractivity contribution in [2.45, 2.75) is 95.9 Å². The lowest BCUT2D eigenvalue weighted by Crippen LogP contribution is -2.70. The number of fused-ring (bicyclic) bond motifs is 2. The number of carboxylic acid groups (broad SMARTS) is 1. The van der Waals surface area contributed by atoms with Crippen molar-refractivity contribution >= 4 is 11.9 Å². The summed E-state index contributed by atoms with van der Waals surface area (Å²) in [5.41, 5.74) is -2.06. The zero-order valence-corrected chi connectivity index (χ0v) is 21.9. The van der Waals surface area contributed by atoms with Crippen molar-refractivity contribution < 1.29 is 43.8 Å². The molecule has 4 aliphatic heterocycles. The van der Waals surface area contributed by atoms with Crippen molar-refractivity contribution in [3.8, 4) is 5.75 Å². The number of carbonyl (C=O) groups excluding carboxylic acids is 1. The standard InChI is InChI=1S/C27H37NO9/c1-14-6-11-19-15(2)23(34-24-27(19)18(14)12-13-26(5,35-24)36-37-27)33-17-9-7-16(8-10-17)21(29)28-20(22(30)31)25(3,4)32/h7-10,14-15,18-20,23-24,32H,6,11-13H2,1-5H3,(H,28,29)(H,30,31)/t14-,15-,18+,19+,20-,23+,24-,26-,27-/m1/s1. The molecule has 10 nitrogen and oxygen atoms in total. The van der Waals surface area contributed by atoms with Gasteiger partial charge in [0.1, 0.15) is 5.75 Å². The number of aliphatic carboxylic acids is 1. The molecule has 10 heteroatoms. The summed E-state index contributed by atoms with van der Waals surface area (Å²) < 4.78 is 19.0. The first kappa shape index (κ1) is 26.4. The number of carbonyl (C=O) groups is 2. The summed E-state index contributed by atoms with van der Waals surface area (Å²) in [5.74, 6) is -1.44. The Hall–Kier alpha value is -2.24. The van der Waals surface area contributed by atoms with E-state index in [1.54, 1.807) is 24.3 Å². The van der Waals surface area contributed by atoms with E-state index < -0.39 is 47.5 Å². The molecule has 9 atom stereocenters. The van der Waals surface area contributed by atoms with Gasteiger partial charge in [0, 0.05) is 23.8 Å².